The zero-order chi connectivity index (χ0) is 15.2. The zero-order valence-electron chi connectivity index (χ0n) is 12.4. The summed E-state index contributed by atoms with van der Waals surface area (Å²) in [5, 5.41) is 6.99. The summed E-state index contributed by atoms with van der Waals surface area (Å²) in [5.74, 6) is -0.0646. The first-order chi connectivity index (χ1) is 10.1. The van der Waals surface area contributed by atoms with Gasteiger partial charge in [-0.05, 0) is 44.3 Å². The van der Waals surface area contributed by atoms with E-state index in [0.29, 0.717) is 0 Å². The van der Waals surface area contributed by atoms with Gasteiger partial charge in [0.1, 0.15) is 5.03 Å². The quantitative estimate of drug-likeness (QED) is 0.888. The lowest BCUT2D eigenvalue weighted by atomic mass is 10.1. The molecular formula is C16H19N3OS. The number of amides is 1. The van der Waals surface area contributed by atoms with Gasteiger partial charge in [0.2, 0.25) is 5.91 Å². The Kier molecular flexibility index (Phi) is 5.36. The van der Waals surface area contributed by atoms with Crippen LogP contribution in [0.1, 0.15) is 25.5 Å². The lowest BCUT2D eigenvalue weighted by Crippen LogP contribution is -2.13. The summed E-state index contributed by atoms with van der Waals surface area (Å²) in [5.41, 5.74) is 1.98. The number of nitrogens with one attached hydrogen (secondary N) is 2. The van der Waals surface area contributed by atoms with Crippen LogP contribution in [0.5, 0.6) is 0 Å². The molecule has 1 atom stereocenters. The van der Waals surface area contributed by atoms with Crippen molar-refractivity contribution in [2.75, 3.05) is 12.4 Å². The van der Waals surface area contributed by atoms with Crippen molar-refractivity contribution in [3.8, 4) is 0 Å². The molecule has 1 heterocycles. The Hall–Kier alpha value is -1.85. The molecule has 0 saturated carbocycles. The Balaban J connectivity index is 2.16. The number of nitrogens with zero attached hydrogens (tertiary/aromatic N) is 1. The van der Waals surface area contributed by atoms with Crippen molar-refractivity contribution >= 4 is 23.4 Å². The van der Waals surface area contributed by atoms with E-state index in [-0.39, 0.29) is 11.9 Å². The van der Waals surface area contributed by atoms with Crippen molar-refractivity contribution in [1.82, 2.24) is 10.3 Å². The second-order valence-corrected chi connectivity index (χ2v) is 5.78. The van der Waals surface area contributed by atoms with E-state index in [4.69, 9.17) is 0 Å². The van der Waals surface area contributed by atoms with Gasteiger partial charge in [-0.3, -0.25) is 4.79 Å². The SMILES string of the molecule is CNC(C)c1cccnc1Sc1ccc(NC(C)=O)cc1. The van der Waals surface area contributed by atoms with Crippen LogP contribution in [-0.2, 0) is 4.79 Å². The molecule has 1 aromatic carbocycles. The molecule has 110 valence electrons. The lowest BCUT2D eigenvalue weighted by molar-refractivity contribution is -0.114. The molecule has 21 heavy (non-hydrogen) atoms. The largest absolute Gasteiger partial charge is 0.326 e. The molecule has 2 rings (SSSR count). The van der Waals surface area contributed by atoms with Crippen molar-refractivity contribution in [2.45, 2.75) is 29.8 Å². The van der Waals surface area contributed by atoms with Gasteiger partial charge < -0.3 is 10.6 Å². The molecule has 5 heteroatoms. The van der Waals surface area contributed by atoms with Gasteiger partial charge in [-0.1, -0.05) is 17.8 Å². The van der Waals surface area contributed by atoms with Crippen LogP contribution in [0.2, 0.25) is 0 Å². The zero-order valence-corrected chi connectivity index (χ0v) is 13.2. The van der Waals surface area contributed by atoms with Gasteiger partial charge in [0.15, 0.2) is 0 Å². The summed E-state index contributed by atoms with van der Waals surface area (Å²) >= 11 is 1.62. The number of benzene rings is 1. The van der Waals surface area contributed by atoms with Gasteiger partial charge in [-0.2, -0.15) is 0 Å². The normalized spacial score (nSPS) is 12.0. The number of carbonyl (C=O) groups is 1. The van der Waals surface area contributed by atoms with Crippen molar-refractivity contribution in [3.05, 3.63) is 48.2 Å². The van der Waals surface area contributed by atoms with Gasteiger partial charge in [0.05, 0.1) is 0 Å². The highest BCUT2D eigenvalue weighted by Crippen LogP contribution is 2.31. The summed E-state index contributed by atoms with van der Waals surface area (Å²) < 4.78 is 0. The maximum Gasteiger partial charge on any atom is 0.221 e. The Morgan fingerprint density at radius 1 is 1.24 bits per heavy atom. The number of carbonyl (C=O) groups excluding carboxylic acids is 1. The predicted octanol–water partition coefficient (Wildman–Crippen LogP) is 3.47. The molecule has 0 aliphatic carbocycles. The molecule has 1 amide bonds. The van der Waals surface area contributed by atoms with Crippen LogP contribution < -0.4 is 10.6 Å². The summed E-state index contributed by atoms with van der Waals surface area (Å²) in [6.45, 7) is 3.61. The molecule has 1 aromatic heterocycles. The Bertz CT molecular complexity index is 613. The fourth-order valence-corrected chi connectivity index (χ4v) is 2.87. The van der Waals surface area contributed by atoms with E-state index >= 15 is 0 Å². The molecule has 4 nitrogen and oxygen atoms in total. The first-order valence-electron chi connectivity index (χ1n) is 6.78. The highest BCUT2D eigenvalue weighted by atomic mass is 32.2. The van der Waals surface area contributed by atoms with E-state index in [1.54, 1.807) is 18.0 Å². The third kappa shape index (κ3) is 4.31. The minimum Gasteiger partial charge on any atom is -0.326 e. The lowest BCUT2D eigenvalue weighted by Gasteiger charge is -2.14. The Labute approximate surface area is 129 Å². The van der Waals surface area contributed by atoms with E-state index in [9.17, 15) is 4.79 Å². The molecular weight excluding hydrogens is 282 g/mol. The molecule has 0 radical (unpaired) electrons. The molecule has 0 saturated heterocycles. The highest BCUT2D eigenvalue weighted by molar-refractivity contribution is 7.99. The van der Waals surface area contributed by atoms with Crippen molar-refractivity contribution in [1.29, 1.82) is 0 Å². The summed E-state index contributed by atoms with van der Waals surface area (Å²) in [4.78, 5) is 16.6. The Morgan fingerprint density at radius 2 is 1.95 bits per heavy atom. The van der Waals surface area contributed by atoms with Crippen LogP contribution >= 0.6 is 11.8 Å². The van der Waals surface area contributed by atoms with Crippen molar-refractivity contribution < 1.29 is 4.79 Å². The topological polar surface area (TPSA) is 54.0 Å². The van der Waals surface area contributed by atoms with Crippen LogP contribution in [0.4, 0.5) is 5.69 Å². The monoisotopic (exact) mass is 301 g/mol. The van der Waals surface area contributed by atoms with E-state index in [2.05, 4.69) is 28.6 Å². The summed E-state index contributed by atoms with van der Waals surface area (Å²) in [7, 11) is 1.94. The third-order valence-electron chi connectivity index (χ3n) is 3.09. The third-order valence-corrected chi connectivity index (χ3v) is 4.13. The highest BCUT2D eigenvalue weighted by Gasteiger charge is 2.10. The number of hydrogen-bond donors (Lipinski definition) is 2. The van der Waals surface area contributed by atoms with Gasteiger partial charge in [0.25, 0.3) is 0 Å². The molecule has 2 N–H and O–H groups in total. The summed E-state index contributed by atoms with van der Waals surface area (Å²) in [6, 6.07) is 12.0. The second kappa shape index (κ2) is 7.24. The van der Waals surface area contributed by atoms with Crippen molar-refractivity contribution in [2.24, 2.45) is 0 Å². The molecule has 0 bridgehead atoms. The molecule has 0 spiro atoms. The van der Waals surface area contributed by atoms with Gasteiger partial charge in [-0.15, -0.1) is 0 Å². The summed E-state index contributed by atoms with van der Waals surface area (Å²) in [6.07, 6.45) is 1.81. The maximum atomic E-state index is 11.0. The minimum absolute atomic E-state index is 0.0646. The first kappa shape index (κ1) is 15.5. The second-order valence-electron chi connectivity index (χ2n) is 4.72. The molecule has 0 aliphatic rings. The number of hydrogen-bond acceptors (Lipinski definition) is 4. The van der Waals surface area contributed by atoms with Crippen LogP contribution in [0.25, 0.3) is 0 Å². The molecule has 1 unspecified atom stereocenters. The number of rotatable bonds is 5. The molecule has 0 fully saturated rings. The first-order valence-corrected chi connectivity index (χ1v) is 7.59. The van der Waals surface area contributed by atoms with Crippen LogP contribution in [0.3, 0.4) is 0 Å². The van der Waals surface area contributed by atoms with E-state index in [0.717, 1.165) is 15.6 Å². The maximum absolute atomic E-state index is 11.0. The van der Waals surface area contributed by atoms with E-state index < -0.39 is 0 Å². The van der Waals surface area contributed by atoms with E-state index in [1.807, 2.05) is 37.4 Å². The van der Waals surface area contributed by atoms with Gasteiger partial charge >= 0.3 is 0 Å². The van der Waals surface area contributed by atoms with Crippen molar-refractivity contribution in [3.63, 3.8) is 0 Å². The van der Waals surface area contributed by atoms with Gasteiger partial charge in [0, 0.05) is 35.3 Å². The minimum atomic E-state index is -0.0646. The number of pyridine rings is 1. The fourth-order valence-electron chi connectivity index (χ4n) is 1.89. The fraction of sp³-hybridized carbons (Fsp3) is 0.250. The molecule has 2 aromatic rings. The average Bonchev–Trinajstić information content (AvgIpc) is 2.48. The standard InChI is InChI=1S/C16H19N3OS/c1-11(17-3)15-5-4-10-18-16(15)21-14-8-6-13(7-9-14)19-12(2)20/h4-11,17H,1-3H3,(H,19,20). The Morgan fingerprint density at radius 3 is 2.57 bits per heavy atom. The molecule has 0 aliphatic heterocycles. The van der Waals surface area contributed by atoms with Crippen LogP contribution in [0, 0.1) is 0 Å². The predicted molar refractivity (Wildman–Crippen MR) is 86.6 cm³/mol. The van der Waals surface area contributed by atoms with Crippen LogP contribution in [-0.4, -0.2) is 17.9 Å². The number of aromatic nitrogens is 1. The average molecular weight is 301 g/mol. The number of anilines is 1. The smallest absolute Gasteiger partial charge is 0.221 e. The van der Waals surface area contributed by atoms with Crippen LogP contribution in [0.15, 0.2) is 52.5 Å². The van der Waals surface area contributed by atoms with Gasteiger partial charge in [-0.25, -0.2) is 4.98 Å². The van der Waals surface area contributed by atoms with E-state index in [1.165, 1.54) is 12.5 Å².